The van der Waals surface area contributed by atoms with Crippen LogP contribution in [0.4, 0.5) is 0 Å². The number of carbonyl (C=O) groups is 3. The van der Waals surface area contributed by atoms with E-state index >= 15 is 0 Å². The summed E-state index contributed by atoms with van der Waals surface area (Å²) in [7, 11) is 1.61. The van der Waals surface area contributed by atoms with Gasteiger partial charge < -0.3 is 25.6 Å². The molecule has 9 heteroatoms. The van der Waals surface area contributed by atoms with Gasteiger partial charge in [-0.15, -0.1) is 0 Å². The number of carbonyl (C=O) groups excluding carboxylic acids is 3. The minimum absolute atomic E-state index is 0.133. The van der Waals surface area contributed by atoms with Gasteiger partial charge in [0, 0.05) is 38.1 Å². The smallest absolute Gasteiger partial charge is 0.247 e. The van der Waals surface area contributed by atoms with Crippen LogP contribution >= 0.6 is 0 Å². The number of pyridine rings is 1. The number of aromatic nitrogens is 1. The summed E-state index contributed by atoms with van der Waals surface area (Å²) in [6.07, 6.45) is 6.60. The molecule has 2 heterocycles. The van der Waals surface area contributed by atoms with Crippen molar-refractivity contribution in [2.75, 3.05) is 33.3 Å². The average Bonchev–Trinajstić information content (AvgIpc) is 3.70. The van der Waals surface area contributed by atoms with Gasteiger partial charge in [0.25, 0.3) is 0 Å². The van der Waals surface area contributed by atoms with Crippen LogP contribution in [0.2, 0.25) is 0 Å². The molecule has 3 amide bonds. The number of nitrogens with zero attached hydrogens (tertiary/aromatic N) is 2. The predicted molar refractivity (Wildman–Crippen MR) is 131 cm³/mol. The van der Waals surface area contributed by atoms with Crippen molar-refractivity contribution in [1.29, 1.82) is 0 Å². The van der Waals surface area contributed by atoms with Crippen LogP contribution in [0.25, 0.3) is 0 Å². The van der Waals surface area contributed by atoms with Crippen molar-refractivity contribution >= 4 is 17.7 Å². The Morgan fingerprint density at radius 3 is 2.66 bits per heavy atom. The van der Waals surface area contributed by atoms with Gasteiger partial charge in [-0.2, -0.15) is 0 Å². The van der Waals surface area contributed by atoms with Crippen LogP contribution in [0.3, 0.4) is 0 Å². The highest BCUT2D eigenvalue weighted by atomic mass is 16.5. The highest BCUT2D eigenvalue weighted by Gasteiger charge is 2.37. The Balaban J connectivity index is 1.53. The molecule has 1 fully saturated rings. The first-order valence-electron chi connectivity index (χ1n) is 12.2. The number of fused-ring (bicyclic) bond motifs is 1. The molecule has 186 valence electrons. The lowest BCUT2D eigenvalue weighted by atomic mass is 10.1. The van der Waals surface area contributed by atoms with Crippen LogP contribution in [0.15, 0.2) is 48.8 Å². The van der Waals surface area contributed by atoms with Gasteiger partial charge in [-0.05, 0) is 49.3 Å². The molecule has 4 rings (SSSR count). The van der Waals surface area contributed by atoms with Crippen molar-refractivity contribution < 1.29 is 19.1 Å². The van der Waals surface area contributed by atoms with Crippen molar-refractivity contribution in [3.8, 4) is 5.75 Å². The number of para-hydroxylation sites is 1. The molecule has 35 heavy (non-hydrogen) atoms. The molecule has 2 aromatic rings. The van der Waals surface area contributed by atoms with Crippen LogP contribution in [0.5, 0.6) is 5.75 Å². The van der Waals surface area contributed by atoms with E-state index in [9.17, 15) is 14.4 Å². The molecule has 1 saturated carbocycles. The van der Waals surface area contributed by atoms with E-state index in [1.807, 2.05) is 24.3 Å². The molecule has 0 spiro atoms. The zero-order valence-electron chi connectivity index (χ0n) is 20.0. The van der Waals surface area contributed by atoms with E-state index in [1.165, 1.54) is 4.90 Å². The van der Waals surface area contributed by atoms with E-state index in [1.54, 1.807) is 31.6 Å². The summed E-state index contributed by atoms with van der Waals surface area (Å²) in [6, 6.07) is 10.1. The van der Waals surface area contributed by atoms with E-state index in [0.717, 1.165) is 37.0 Å². The molecule has 0 radical (unpaired) electrons. The summed E-state index contributed by atoms with van der Waals surface area (Å²) in [6.45, 7) is 1.27. The van der Waals surface area contributed by atoms with Crippen LogP contribution < -0.4 is 20.7 Å². The molecule has 1 aliphatic carbocycles. The number of benzene rings is 1. The molecule has 2 unspecified atom stereocenters. The third kappa shape index (κ3) is 6.79. The highest BCUT2D eigenvalue weighted by Crippen LogP contribution is 2.33. The Morgan fingerprint density at radius 2 is 1.89 bits per heavy atom. The molecule has 1 aromatic heterocycles. The Kier molecular flexibility index (Phi) is 8.31. The topological polar surface area (TPSA) is 113 Å². The number of hydrogen-bond acceptors (Lipinski definition) is 6. The Labute approximate surface area is 205 Å². The number of ether oxygens (including phenoxy) is 1. The molecule has 2 atom stereocenters. The monoisotopic (exact) mass is 479 g/mol. The molecular formula is C26H33N5O4. The van der Waals surface area contributed by atoms with Gasteiger partial charge in [-0.25, -0.2) is 0 Å². The van der Waals surface area contributed by atoms with Gasteiger partial charge >= 0.3 is 0 Å². The van der Waals surface area contributed by atoms with E-state index < -0.39 is 11.9 Å². The van der Waals surface area contributed by atoms with Crippen LogP contribution in [-0.2, 0) is 20.8 Å². The molecular weight excluding hydrogens is 446 g/mol. The Bertz CT molecular complexity index is 1030. The van der Waals surface area contributed by atoms with Gasteiger partial charge in [0.2, 0.25) is 17.7 Å². The van der Waals surface area contributed by atoms with Crippen LogP contribution in [0, 0.1) is 5.92 Å². The summed E-state index contributed by atoms with van der Waals surface area (Å²) in [5, 5.41) is 9.05. The second kappa shape index (κ2) is 11.8. The zero-order valence-corrected chi connectivity index (χ0v) is 20.0. The second-order valence-corrected chi connectivity index (χ2v) is 9.10. The number of nitrogens with one attached hydrogen (secondary N) is 3. The van der Waals surface area contributed by atoms with E-state index in [-0.39, 0.29) is 30.3 Å². The van der Waals surface area contributed by atoms with Gasteiger partial charge in [0.1, 0.15) is 18.4 Å². The Hall–Kier alpha value is -3.46. The normalized spacial score (nSPS) is 23.2. The van der Waals surface area contributed by atoms with Gasteiger partial charge in [-0.3, -0.25) is 19.4 Å². The summed E-state index contributed by atoms with van der Waals surface area (Å²) in [4.78, 5) is 44.5. The SMILES string of the molecule is CN1CC(=O)NC(c2cccnc2)C(=O)NCCCc2ccccc2OCCNC(C2CC2)C1=O. The fraction of sp³-hybridized carbons (Fsp3) is 0.462. The molecule has 1 aliphatic heterocycles. The lowest BCUT2D eigenvalue weighted by molar-refractivity contribution is -0.137. The quantitative estimate of drug-likeness (QED) is 0.597. The third-order valence-corrected chi connectivity index (χ3v) is 6.32. The number of hydrogen-bond donors (Lipinski definition) is 3. The van der Waals surface area contributed by atoms with Crippen molar-refractivity contribution in [3.05, 3.63) is 59.9 Å². The highest BCUT2D eigenvalue weighted by molar-refractivity contribution is 5.91. The number of amides is 3. The first-order chi connectivity index (χ1) is 17.0. The lowest BCUT2D eigenvalue weighted by Crippen LogP contribution is -2.51. The molecule has 2 aliphatic rings. The predicted octanol–water partition coefficient (Wildman–Crippen LogP) is 1.21. The molecule has 9 nitrogen and oxygen atoms in total. The van der Waals surface area contributed by atoms with Gasteiger partial charge in [0.15, 0.2) is 0 Å². The zero-order chi connectivity index (χ0) is 24.6. The second-order valence-electron chi connectivity index (χ2n) is 9.10. The molecule has 0 saturated heterocycles. The Morgan fingerprint density at radius 1 is 1.06 bits per heavy atom. The molecule has 1 aromatic carbocycles. The first kappa shape index (κ1) is 24.7. The minimum atomic E-state index is -0.897. The summed E-state index contributed by atoms with van der Waals surface area (Å²) in [5.74, 6) is 0.223. The molecule has 0 bridgehead atoms. The number of aryl methyl sites for hydroxylation is 1. The third-order valence-electron chi connectivity index (χ3n) is 6.32. The van der Waals surface area contributed by atoms with Crippen molar-refractivity contribution in [2.45, 2.75) is 37.8 Å². The lowest BCUT2D eigenvalue weighted by Gasteiger charge is -2.26. The maximum Gasteiger partial charge on any atom is 0.247 e. The maximum atomic E-state index is 13.1. The first-order valence-corrected chi connectivity index (χ1v) is 12.2. The van der Waals surface area contributed by atoms with E-state index in [4.69, 9.17) is 4.74 Å². The van der Waals surface area contributed by atoms with Crippen molar-refractivity contribution in [3.63, 3.8) is 0 Å². The van der Waals surface area contributed by atoms with Crippen LogP contribution in [-0.4, -0.2) is 66.9 Å². The van der Waals surface area contributed by atoms with Gasteiger partial charge in [0.05, 0.1) is 12.6 Å². The van der Waals surface area contributed by atoms with E-state index in [0.29, 0.717) is 25.3 Å². The average molecular weight is 480 g/mol. The van der Waals surface area contributed by atoms with E-state index in [2.05, 4.69) is 20.9 Å². The summed E-state index contributed by atoms with van der Waals surface area (Å²) in [5.41, 5.74) is 1.65. The summed E-state index contributed by atoms with van der Waals surface area (Å²) >= 11 is 0. The minimum Gasteiger partial charge on any atom is -0.492 e. The van der Waals surface area contributed by atoms with Crippen LogP contribution in [0.1, 0.15) is 36.4 Å². The standard InChI is InChI=1S/C26H33N5O4/c1-31-17-22(32)30-23(20-8-4-12-27-16-20)25(33)29-13-5-7-18-6-2-3-9-21(18)35-15-14-28-24(26(31)34)19-10-11-19/h2-4,6,8-9,12,16,19,23-24,28H,5,7,10-11,13-15,17H2,1H3,(H,29,33)(H,30,32). The largest absolute Gasteiger partial charge is 0.492 e. The maximum absolute atomic E-state index is 13.1. The molecule has 3 N–H and O–H groups in total. The van der Waals surface area contributed by atoms with Crippen molar-refractivity contribution in [2.24, 2.45) is 5.92 Å². The van der Waals surface area contributed by atoms with Gasteiger partial charge in [-0.1, -0.05) is 24.3 Å². The number of likely N-dealkylation sites (N-methyl/N-ethyl adjacent to an activating group) is 1. The number of rotatable bonds is 2. The summed E-state index contributed by atoms with van der Waals surface area (Å²) < 4.78 is 6.01. The van der Waals surface area contributed by atoms with Crippen molar-refractivity contribution in [1.82, 2.24) is 25.8 Å². The fourth-order valence-corrected chi connectivity index (χ4v) is 4.29. The fourth-order valence-electron chi connectivity index (χ4n) is 4.29.